The van der Waals surface area contributed by atoms with Crippen molar-refractivity contribution in [3.8, 4) is 11.3 Å². The van der Waals surface area contributed by atoms with Gasteiger partial charge in [-0.1, -0.05) is 5.21 Å². The number of aromatic nitrogens is 5. The summed E-state index contributed by atoms with van der Waals surface area (Å²) in [5.74, 6) is -0.994. The van der Waals surface area contributed by atoms with Gasteiger partial charge in [-0.25, -0.2) is 9.48 Å². The molecule has 2 unspecified atom stereocenters. The Balaban J connectivity index is 1.83. The van der Waals surface area contributed by atoms with E-state index >= 15 is 0 Å². The molecule has 1 aliphatic heterocycles. The summed E-state index contributed by atoms with van der Waals surface area (Å²) in [5, 5.41) is 29.2. The quantitative estimate of drug-likeness (QED) is 0.535. The minimum atomic E-state index is -0.994. The van der Waals surface area contributed by atoms with Gasteiger partial charge in [-0.2, -0.15) is 0 Å². The smallest absolute Gasteiger partial charge is 0.335 e. The third-order valence-electron chi connectivity index (χ3n) is 5.78. The lowest BCUT2D eigenvalue weighted by Gasteiger charge is -2.30. The number of aromatic carboxylic acids is 1. The van der Waals surface area contributed by atoms with E-state index in [2.05, 4.69) is 10.3 Å². The number of aliphatic hydroxyl groups is 1. The van der Waals surface area contributed by atoms with Crippen molar-refractivity contribution in [1.29, 1.82) is 0 Å². The van der Waals surface area contributed by atoms with Crippen LogP contribution in [0.4, 0.5) is 0 Å². The second kappa shape index (κ2) is 6.89. The first-order chi connectivity index (χ1) is 14.5. The van der Waals surface area contributed by atoms with Gasteiger partial charge < -0.3 is 19.5 Å². The summed E-state index contributed by atoms with van der Waals surface area (Å²) in [6.07, 6.45) is 1.70. The molecular formula is C21H21N5O4. The van der Waals surface area contributed by atoms with Gasteiger partial charge in [-0.15, -0.1) is 5.10 Å². The topological polar surface area (TPSA) is 115 Å². The summed E-state index contributed by atoms with van der Waals surface area (Å²) < 4.78 is 9.14. The molecule has 2 atom stereocenters. The highest BCUT2D eigenvalue weighted by atomic mass is 16.5. The van der Waals surface area contributed by atoms with E-state index in [0.717, 1.165) is 38.9 Å². The van der Waals surface area contributed by atoms with Gasteiger partial charge in [0.15, 0.2) is 0 Å². The molecule has 4 aromatic rings. The van der Waals surface area contributed by atoms with Crippen LogP contribution >= 0.6 is 0 Å². The number of nitrogens with zero attached hydrogens (tertiary/aromatic N) is 5. The standard InChI is InChI=1S/C21H21N5O4/c1-11-20(25(2)24-23-11)13-8-17-19(22-9-13)14-4-3-12(21(28)29)7-16(14)26(17)15-5-6-30-10-18(15)27/h3-4,7-9,15,18,27H,5-6,10H2,1-2H3,(H,28,29). The van der Waals surface area contributed by atoms with Crippen molar-refractivity contribution < 1.29 is 19.7 Å². The van der Waals surface area contributed by atoms with Gasteiger partial charge in [0.25, 0.3) is 0 Å². The molecule has 0 amide bonds. The molecule has 0 aliphatic carbocycles. The fraction of sp³-hybridized carbons (Fsp3) is 0.333. The lowest BCUT2D eigenvalue weighted by molar-refractivity contribution is -0.0363. The molecule has 1 fully saturated rings. The number of pyridine rings is 1. The fourth-order valence-corrected chi connectivity index (χ4v) is 4.39. The molecule has 3 aromatic heterocycles. The second-order valence-electron chi connectivity index (χ2n) is 7.64. The highest BCUT2D eigenvalue weighted by molar-refractivity contribution is 6.08. The number of hydrogen-bond donors (Lipinski definition) is 2. The molecule has 4 heterocycles. The molecule has 5 rings (SSSR count). The van der Waals surface area contributed by atoms with Crippen molar-refractivity contribution in [2.75, 3.05) is 13.2 Å². The zero-order valence-corrected chi connectivity index (χ0v) is 16.6. The van der Waals surface area contributed by atoms with E-state index in [0.29, 0.717) is 13.0 Å². The third kappa shape index (κ3) is 2.78. The number of carboxylic acid groups (broad SMARTS) is 1. The van der Waals surface area contributed by atoms with E-state index < -0.39 is 12.1 Å². The summed E-state index contributed by atoms with van der Waals surface area (Å²) in [7, 11) is 1.83. The van der Waals surface area contributed by atoms with Gasteiger partial charge in [0.1, 0.15) is 0 Å². The number of rotatable bonds is 3. The van der Waals surface area contributed by atoms with Crippen molar-refractivity contribution in [2.24, 2.45) is 7.05 Å². The van der Waals surface area contributed by atoms with Gasteiger partial charge >= 0.3 is 5.97 Å². The minimum Gasteiger partial charge on any atom is -0.478 e. The van der Waals surface area contributed by atoms with Crippen LogP contribution in [-0.4, -0.2) is 60.0 Å². The van der Waals surface area contributed by atoms with Crippen molar-refractivity contribution in [1.82, 2.24) is 24.5 Å². The zero-order valence-electron chi connectivity index (χ0n) is 16.6. The molecule has 0 spiro atoms. The van der Waals surface area contributed by atoms with Crippen LogP contribution in [0.1, 0.15) is 28.5 Å². The average molecular weight is 407 g/mol. The molecule has 9 nitrogen and oxygen atoms in total. The lowest BCUT2D eigenvalue weighted by Crippen LogP contribution is -2.34. The summed E-state index contributed by atoms with van der Waals surface area (Å²) in [6.45, 7) is 2.66. The van der Waals surface area contributed by atoms with Crippen LogP contribution in [0, 0.1) is 6.92 Å². The summed E-state index contributed by atoms with van der Waals surface area (Å²) in [4.78, 5) is 16.3. The zero-order chi connectivity index (χ0) is 21.0. The molecule has 0 saturated carbocycles. The Bertz CT molecular complexity index is 1270. The predicted octanol–water partition coefficient (Wildman–Crippen LogP) is 2.31. The van der Waals surface area contributed by atoms with Gasteiger partial charge in [0.05, 0.1) is 52.3 Å². The molecule has 0 radical (unpaired) electrons. The molecule has 30 heavy (non-hydrogen) atoms. The third-order valence-corrected chi connectivity index (χ3v) is 5.78. The number of carboxylic acids is 1. The highest BCUT2D eigenvalue weighted by Crippen LogP contribution is 2.36. The number of carbonyl (C=O) groups is 1. The molecule has 9 heteroatoms. The molecule has 0 bridgehead atoms. The van der Waals surface area contributed by atoms with E-state index in [1.165, 1.54) is 0 Å². The van der Waals surface area contributed by atoms with Crippen LogP contribution < -0.4 is 0 Å². The second-order valence-corrected chi connectivity index (χ2v) is 7.64. The van der Waals surface area contributed by atoms with Crippen LogP contribution in [0.25, 0.3) is 33.2 Å². The van der Waals surface area contributed by atoms with Gasteiger partial charge in [0, 0.05) is 30.8 Å². The maximum absolute atomic E-state index is 11.6. The largest absolute Gasteiger partial charge is 0.478 e. The highest BCUT2D eigenvalue weighted by Gasteiger charge is 2.29. The van der Waals surface area contributed by atoms with Gasteiger partial charge in [-0.3, -0.25) is 4.98 Å². The van der Waals surface area contributed by atoms with E-state index in [-0.39, 0.29) is 18.2 Å². The molecular weight excluding hydrogens is 386 g/mol. The predicted molar refractivity (Wildman–Crippen MR) is 109 cm³/mol. The first-order valence-corrected chi connectivity index (χ1v) is 9.75. The molecule has 2 N–H and O–H groups in total. The van der Waals surface area contributed by atoms with E-state index in [4.69, 9.17) is 9.72 Å². The SMILES string of the molecule is Cc1nnn(C)c1-c1cnc2c3ccc(C(=O)O)cc3n(C3CCOCC3O)c2c1. The number of aliphatic hydroxyl groups excluding tert-OH is 1. The average Bonchev–Trinajstić information content (AvgIpc) is 3.24. The Morgan fingerprint density at radius 2 is 2.10 bits per heavy atom. The maximum atomic E-state index is 11.6. The van der Waals surface area contributed by atoms with Crippen LogP contribution in [0.5, 0.6) is 0 Å². The number of hydrogen-bond acceptors (Lipinski definition) is 6. The van der Waals surface area contributed by atoms with Crippen molar-refractivity contribution in [3.63, 3.8) is 0 Å². The lowest BCUT2D eigenvalue weighted by atomic mass is 10.1. The Labute approximate surface area is 171 Å². The van der Waals surface area contributed by atoms with E-state index in [9.17, 15) is 15.0 Å². The van der Waals surface area contributed by atoms with E-state index in [1.807, 2.05) is 24.6 Å². The fourth-order valence-electron chi connectivity index (χ4n) is 4.39. The van der Waals surface area contributed by atoms with E-state index in [1.54, 1.807) is 29.1 Å². The molecule has 1 aliphatic rings. The Kier molecular flexibility index (Phi) is 4.30. The number of fused-ring (bicyclic) bond motifs is 3. The van der Waals surface area contributed by atoms with Crippen LogP contribution in [0.15, 0.2) is 30.5 Å². The van der Waals surface area contributed by atoms with Crippen LogP contribution in [0.3, 0.4) is 0 Å². The Morgan fingerprint density at radius 3 is 2.80 bits per heavy atom. The summed E-state index contributed by atoms with van der Waals surface area (Å²) in [6, 6.07) is 6.78. The Hall–Kier alpha value is -3.30. The number of aryl methyl sites for hydroxylation is 2. The molecule has 154 valence electrons. The first-order valence-electron chi connectivity index (χ1n) is 9.75. The van der Waals surface area contributed by atoms with Crippen LogP contribution in [-0.2, 0) is 11.8 Å². The monoisotopic (exact) mass is 407 g/mol. The summed E-state index contributed by atoms with van der Waals surface area (Å²) in [5.41, 5.74) is 5.03. The Morgan fingerprint density at radius 1 is 1.27 bits per heavy atom. The van der Waals surface area contributed by atoms with Crippen molar-refractivity contribution in [2.45, 2.75) is 25.5 Å². The first kappa shape index (κ1) is 18.7. The number of ether oxygens (including phenoxy) is 1. The summed E-state index contributed by atoms with van der Waals surface area (Å²) >= 11 is 0. The van der Waals surface area contributed by atoms with Gasteiger partial charge in [0.2, 0.25) is 0 Å². The minimum absolute atomic E-state index is 0.194. The van der Waals surface area contributed by atoms with Crippen molar-refractivity contribution >= 4 is 27.9 Å². The normalized spacial score (nSPS) is 19.6. The van der Waals surface area contributed by atoms with Gasteiger partial charge in [-0.05, 0) is 37.6 Å². The van der Waals surface area contributed by atoms with Crippen LogP contribution in [0.2, 0.25) is 0 Å². The molecule has 1 saturated heterocycles. The molecule has 1 aromatic carbocycles. The number of benzene rings is 1. The van der Waals surface area contributed by atoms with Crippen molar-refractivity contribution in [3.05, 3.63) is 41.7 Å². The maximum Gasteiger partial charge on any atom is 0.335 e.